The van der Waals surface area contributed by atoms with Crippen LogP contribution in [-0.2, 0) is 19.2 Å². The van der Waals surface area contributed by atoms with Crippen molar-refractivity contribution in [2.75, 3.05) is 18.4 Å². The van der Waals surface area contributed by atoms with Crippen molar-refractivity contribution in [2.45, 2.75) is 34.1 Å². The van der Waals surface area contributed by atoms with Gasteiger partial charge < -0.3 is 22.1 Å². The molecular weight excluding hydrogens is 514 g/mol. The maximum absolute atomic E-state index is 13.1. The van der Waals surface area contributed by atoms with E-state index < -0.39 is 22.6 Å². The Morgan fingerprint density at radius 1 is 0.875 bits per heavy atom. The van der Waals surface area contributed by atoms with E-state index in [0.29, 0.717) is 17.1 Å². The molecule has 1 aliphatic rings. The highest BCUT2D eigenvalue weighted by Gasteiger charge is 2.39. The molecule has 2 aromatic rings. The third kappa shape index (κ3) is 7.56. The zero-order valence-electron chi connectivity index (χ0n) is 22.8. The van der Waals surface area contributed by atoms with E-state index in [9.17, 15) is 19.2 Å². The van der Waals surface area contributed by atoms with Crippen LogP contribution in [0, 0.1) is 10.8 Å². The second kappa shape index (κ2) is 12.3. The van der Waals surface area contributed by atoms with Crippen molar-refractivity contribution < 1.29 is 19.2 Å². The van der Waals surface area contributed by atoms with E-state index in [1.807, 2.05) is 0 Å². The lowest BCUT2D eigenvalue weighted by atomic mass is 9.74. The van der Waals surface area contributed by atoms with Crippen LogP contribution < -0.4 is 22.1 Å². The molecule has 0 atom stereocenters. The summed E-state index contributed by atoms with van der Waals surface area (Å²) in [5.74, 6) is -1.30. The molecule has 0 fully saturated rings. The van der Waals surface area contributed by atoms with Crippen LogP contribution in [0.1, 0.15) is 45.5 Å². The number of nitrogens with two attached hydrogens (primary N) is 2. The van der Waals surface area contributed by atoms with Crippen LogP contribution in [0.4, 0.5) is 5.69 Å². The topological polar surface area (TPSA) is 198 Å². The average molecular weight is 548 g/mol. The van der Waals surface area contributed by atoms with E-state index in [0.717, 1.165) is 4.90 Å². The quantitative estimate of drug-likeness (QED) is 0.138. The van der Waals surface area contributed by atoms with Gasteiger partial charge in [0.15, 0.2) is 11.7 Å². The number of amidine groups is 2. The van der Waals surface area contributed by atoms with Gasteiger partial charge in [-0.2, -0.15) is 0 Å². The highest BCUT2D eigenvalue weighted by Crippen LogP contribution is 2.35. The number of pyridine rings is 2. The number of nitrogens with zero attached hydrogens (tertiary/aromatic N) is 5. The van der Waals surface area contributed by atoms with Crippen LogP contribution in [0.2, 0.25) is 0 Å². The number of anilines is 1. The number of hydrogen-bond donors (Lipinski definition) is 4. The molecule has 0 bridgehead atoms. The molecule has 3 heterocycles. The van der Waals surface area contributed by atoms with E-state index >= 15 is 0 Å². The molecular formula is C27H33N9O4. The number of rotatable bonds is 11. The first-order chi connectivity index (χ1) is 18.8. The minimum absolute atomic E-state index is 0.0274. The fraction of sp³-hybridized carbons (Fsp3) is 0.333. The number of carbonyl (C=O) groups excluding carboxylic acids is 4. The Labute approximate surface area is 231 Å². The minimum atomic E-state index is -0.928. The number of nitrogens with one attached hydrogen (secondary N) is 2. The van der Waals surface area contributed by atoms with Gasteiger partial charge in [-0.3, -0.25) is 34.0 Å². The minimum Gasteiger partial charge on any atom is -0.380 e. The second-order valence-electron chi connectivity index (χ2n) is 10.4. The van der Waals surface area contributed by atoms with Gasteiger partial charge in [0.25, 0.3) is 11.8 Å². The number of carbonyl (C=O) groups is 4. The fourth-order valence-electron chi connectivity index (χ4n) is 4.08. The van der Waals surface area contributed by atoms with Crippen molar-refractivity contribution in [1.82, 2.24) is 20.2 Å². The van der Waals surface area contributed by atoms with Crippen molar-refractivity contribution in [3.05, 3.63) is 66.3 Å². The third-order valence-corrected chi connectivity index (χ3v) is 6.11. The molecule has 0 radical (unpaired) electrons. The maximum atomic E-state index is 13.1. The molecule has 0 aromatic carbocycles. The van der Waals surface area contributed by atoms with Gasteiger partial charge >= 0.3 is 0 Å². The largest absolute Gasteiger partial charge is 0.380 e. The maximum Gasteiger partial charge on any atom is 0.253 e. The fourth-order valence-corrected chi connectivity index (χ4v) is 4.08. The number of amides is 4. The van der Waals surface area contributed by atoms with E-state index in [2.05, 4.69) is 30.8 Å². The zero-order valence-corrected chi connectivity index (χ0v) is 22.8. The zero-order chi connectivity index (χ0) is 29.5. The van der Waals surface area contributed by atoms with Gasteiger partial charge in [-0.15, -0.1) is 10.2 Å². The molecule has 6 N–H and O–H groups in total. The summed E-state index contributed by atoms with van der Waals surface area (Å²) >= 11 is 0. The van der Waals surface area contributed by atoms with Crippen LogP contribution in [-0.4, -0.2) is 63.3 Å². The first-order valence-corrected chi connectivity index (χ1v) is 12.5. The molecule has 0 spiro atoms. The molecule has 13 heteroatoms. The molecule has 210 valence electrons. The lowest BCUT2D eigenvalue weighted by molar-refractivity contribution is -0.138. The molecule has 40 heavy (non-hydrogen) atoms. The summed E-state index contributed by atoms with van der Waals surface area (Å²) < 4.78 is 0. The lowest BCUT2D eigenvalue weighted by Crippen LogP contribution is -2.45. The predicted molar refractivity (Wildman–Crippen MR) is 150 cm³/mol. The normalized spacial score (nSPS) is 14.4. The van der Waals surface area contributed by atoms with Gasteiger partial charge in [-0.05, 0) is 30.7 Å². The number of imide groups is 1. The molecule has 4 amide bonds. The number of aromatic nitrogens is 2. The summed E-state index contributed by atoms with van der Waals surface area (Å²) in [6.45, 7) is 7.11. The Bertz CT molecular complexity index is 1350. The summed E-state index contributed by atoms with van der Waals surface area (Å²) in [6, 6.07) is 8.42. The van der Waals surface area contributed by atoms with Crippen LogP contribution in [0.15, 0.2) is 65.1 Å². The van der Waals surface area contributed by atoms with E-state index in [1.165, 1.54) is 18.3 Å². The van der Waals surface area contributed by atoms with Crippen LogP contribution in [0.25, 0.3) is 0 Å². The first-order valence-electron chi connectivity index (χ1n) is 12.5. The van der Waals surface area contributed by atoms with Gasteiger partial charge in [0.05, 0.1) is 11.9 Å². The van der Waals surface area contributed by atoms with Crippen molar-refractivity contribution in [1.29, 1.82) is 0 Å². The Kier molecular flexibility index (Phi) is 9.09. The average Bonchev–Trinajstić information content (AvgIpc) is 3.24. The molecule has 0 saturated heterocycles. The first kappa shape index (κ1) is 29.6. The summed E-state index contributed by atoms with van der Waals surface area (Å²) in [5, 5.41) is 13.3. The summed E-state index contributed by atoms with van der Waals surface area (Å²) in [4.78, 5) is 58.6. The van der Waals surface area contributed by atoms with Crippen LogP contribution in [0.3, 0.4) is 0 Å². The Morgan fingerprint density at radius 2 is 1.48 bits per heavy atom. The highest BCUT2D eigenvalue weighted by molar-refractivity contribution is 6.12. The molecule has 0 unspecified atom stereocenters. The third-order valence-electron chi connectivity index (χ3n) is 6.11. The Balaban J connectivity index is 1.55. The molecule has 1 aliphatic heterocycles. The molecule has 2 aromatic heterocycles. The standard InChI is InChI=1S/C27H33N9O4/c1-26(2,24(39)31-13-14-36-20(37)10-11-21(36)38)16-27(3,4)25(40)33-17-8-9-19(32-15-17)23(29)35-34-22(28)18-7-5-6-12-30-18/h5-12,15H,13-14,16H2,1-4H3,(H2,28,34)(H2,29,35)(H,31,39)(H,33,40). The Morgan fingerprint density at radius 3 is 2.02 bits per heavy atom. The molecule has 0 saturated carbocycles. The van der Waals surface area contributed by atoms with E-state index in [1.54, 1.807) is 64.2 Å². The highest BCUT2D eigenvalue weighted by atomic mass is 16.2. The summed E-state index contributed by atoms with van der Waals surface area (Å²) in [6.07, 6.45) is 5.62. The van der Waals surface area contributed by atoms with E-state index in [4.69, 9.17) is 11.5 Å². The van der Waals surface area contributed by atoms with Gasteiger partial charge in [0.1, 0.15) is 11.4 Å². The predicted octanol–water partition coefficient (Wildman–Crippen LogP) is 0.925. The molecule has 3 rings (SSSR count). The van der Waals surface area contributed by atoms with Crippen LogP contribution >= 0.6 is 0 Å². The SMILES string of the molecule is CC(C)(CC(C)(C)C(=O)Nc1ccc(/C(N)=N/N=C(\N)c2ccccn2)nc1)C(=O)NCCN1C(=O)C=CC1=O. The monoisotopic (exact) mass is 547 g/mol. The van der Waals surface area contributed by atoms with Crippen molar-refractivity contribution in [3.63, 3.8) is 0 Å². The van der Waals surface area contributed by atoms with Crippen LogP contribution in [0.5, 0.6) is 0 Å². The molecule has 13 nitrogen and oxygen atoms in total. The van der Waals surface area contributed by atoms with Gasteiger partial charge in [-0.1, -0.05) is 33.8 Å². The summed E-state index contributed by atoms with van der Waals surface area (Å²) in [5.41, 5.74) is 11.2. The lowest BCUT2D eigenvalue weighted by Gasteiger charge is -2.33. The van der Waals surface area contributed by atoms with E-state index in [-0.39, 0.29) is 43.0 Å². The molecule has 0 aliphatic carbocycles. The van der Waals surface area contributed by atoms with Crippen molar-refractivity contribution >= 4 is 41.0 Å². The second-order valence-corrected chi connectivity index (χ2v) is 10.4. The smallest absolute Gasteiger partial charge is 0.253 e. The van der Waals surface area contributed by atoms with Gasteiger partial charge in [0.2, 0.25) is 11.8 Å². The van der Waals surface area contributed by atoms with Gasteiger partial charge in [0, 0.05) is 42.3 Å². The van der Waals surface area contributed by atoms with Crippen molar-refractivity contribution in [2.24, 2.45) is 32.5 Å². The van der Waals surface area contributed by atoms with Gasteiger partial charge in [-0.25, -0.2) is 0 Å². The van der Waals surface area contributed by atoms with Crippen molar-refractivity contribution in [3.8, 4) is 0 Å². The number of hydrogen-bond acceptors (Lipinski definition) is 8. The Hall–Kier alpha value is -4.94. The summed E-state index contributed by atoms with van der Waals surface area (Å²) in [7, 11) is 0.